The summed E-state index contributed by atoms with van der Waals surface area (Å²) >= 11 is 0. The fourth-order valence-corrected chi connectivity index (χ4v) is 8.21. The molecule has 3 atom stereocenters. The van der Waals surface area contributed by atoms with Crippen LogP contribution in [0.2, 0.25) is 0 Å². The lowest BCUT2D eigenvalue weighted by Gasteiger charge is -2.39. The number of carbonyl (C=O) groups is 3. The third-order valence-corrected chi connectivity index (χ3v) is 10.7. The van der Waals surface area contributed by atoms with Crippen LogP contribution in [-0.4, -0.2) is 58.1 Å². The molecule has 9 nitrogen and oxygen atoms in total. The maximum absolute atomic E-state index is 15.7. The van der Waals surface area contributed by atoms with Crippen LogP contribution in [0.15, 0.2) is 152 Å². The van der Waals surface area contributed by atoms with Crippen LogP contribution in [0.1, 0.15) is 57.8 Å². The van der Waals surface area contributed by atoms with Crippen molar-refractivity contribution in [3.8, 4) is 5.75 Å². The second-order valence-electron chi connectivity index (χ2n) is 14.4. The van der Waals surface area contributed by atoms with Crippen LogP contribution < -0.4 is 9.64 Å². The standard InChI is InChI=1S/C49H43N3O6/c1-3-13-45(58-32(2)54)47-46(41-30-37(57-29-12-28-53)25-27-44(41)52(47)49(56)43-26-24-35-16-6-9-23-42(35)50-43)51(31-36-19-10-17-33-14-4-7-20-38(33)36)48(55)40-22-11-18-34-15-5-8-21-39(34)40/h3-11,14-27,30,45-47,53H,1,12-13,28-29,31H2,2H3/t45?,46-,47+/m0/s1. The van der Waals surface area contributed by atoms with Gasteiger partial charge in [0.2, 0.25) is 0 Å². The summed E-state index contributed by atoms with van der Waals surface area (Å²) in [7, 11) is 0. The van der Waals surface area contributed by atoms with Gasteiger partial charge in [-0.1, -0.05) is 109 Å². The molecule has 2 amide bonds. The maximum atomic E-state index is 15.7. The van der Waals surface area contributed by atoms with E-state index in [-0.39, 0.29) is 37.8 Å². The first-order chi connectivity index (χ1) is 28.4. The molecule has 8 rings (SSSR count). The number of pyridine rings is 1. The molecule has 0 spiro atoms. The summed E-state index contributed by atoms with van der Waals surface area (Å²) < 4.78 is 12.3. The lowest BCUT2D eigenvalue weighted by molar-refractivity contribution is -0.147. The van der Waals surface area contributed by atoms with E-state index in [1.807, 2.05) is 132 Å². The predicted octanol–water partition coefficient (Wildman–Crippen LogP) is 9.22. The van der Waals surface area contributed by atoms with Crippen LogP contribution in [0.5, 0.6) is 5.75 Å². The Balaban J connectivity index is 1.38. The van der Waals surface area contributed by atoms with Crippen molar-refractivity contribution >= 4 is 55.9 Å². The Hall–Kier alpha value is -6.84. The molecule has 0 saturated heterocycles. The molecule has 0 fully saturated rings. The minimum Gasteiger partial charge on any atom is -0.493 e. The van der Waals surface area contributed by atoms with E-state index in [9.17, 15) is 9.90 Å². The van der Waals surface area contributed by atoms with Gasteiger partial charge < -0.3 is 19.5 Å². The number of benzene rings is 6. The zero-order valence-electron chi connectivity index (χ0n) is 32.2. The maximum Gasteiger partial charge on any atom is 0.302 e. The number of amides is 2. The fraction of sp³-hybridized carbons (Fsp3) is 0.184. The minimum atomic E-state index is -0.931. The number of hydrogen-bond donors (Lipinski definition) is 1. The van der Waals surface area contributed by atoms with E-state index in [1.54, 1.807) is 23.1 Å². The van der Waals surface area contributed by atoms with Gasteiger partial charge in [-0.2, -0.15) is 0 Å². The summed E-state index contributed by atoms with van der Waals surface area (Å²) in [5.74, 6) is -0.718. The Morgan fingerprint density at radius 2 is 1.52 bits per heavy atom. The van der Waals surface area contributed by atoms with Crippen LogP contribution in [0.25, 0.3) is 32.4 Å². The number of aromatic nitrogens is 1. The minimum absolute atomic E-state index is 0.0410. The van der Waals surface area contributed by atoms with E-state index in [1.165, 1.54) is 6.92 Å². The number of esters is 1. The Bertz CT molecular complexity index is 2670. The second-order valence-corrected chi connectivity index (χ2v) is 14.4. The van der Waals surface area contributed by atoms with Crippen LogP contribution in [0.3, 0.4) is 0 Å². The van der Waals surface area contributed by atoms with Gasteiger partial charge in [-0.3, -0.25) is 19.3 Å². The van der Waals surface area contributed by atoms with Gasteiger partial charge in [0, 0.05) is 49.4 Å². The van der Waals surface area contributed by atoms with Crippen LogP contribution >= 0.6 is 0 Å². The highest BCUT2D eigenvalue weighted by atomic mass is 16.5. The number of para-hydroxylation sites is 1. The van der Waals surface area contributed by atoms with Crippen LogP contribution in [-0.2, 0) is 16.1 Å². The Morgan fingerprint density at radius 3 is 2.28 bits per heavy atom. The number of carbonyl (C=O) groups excluding carboxylic acids is 3. The summed E-state index contributed by atoms with van der Waals surface area (Å²) in [6.07, 6.45) is 1.34. The normalized spacial score (nSPS) is 15.2. The number of aliphatic hydroxyl groups excluding tert-OH is 1. The van der Waals surface area contributed by atoms with E-state index in [4.69, 9.17) is 14.5 Å². The summed E-state index contributed by atoms with van der Waals surface area (Å²) in [5.41, 5.74) is 3.40. The molecule has 0 bridgehead atoms. The molecule has 1 aromatic heterocycles. The van der Waals surface area contributed by atoms with Crippen molar-refractivity contribution in [1.82, 2.24) is 9.88 Å². The molecule has 58 heavy (non-hydrogen) atoms. The quantitative estimate of drug-likeness (QED) is 0.0708. The van der Waals surface area contributed by atoms with Gasteiger partial charge in [-0.25, -0.2) is 4.98 Å². The Labute approximate surface area is 336 Å². The first kappa shape index (κ1) is 38.1. The molecule has 0 radical (unpaired) electrons. The first-order valence-electron chi connectivity index (χ1n) is 19.5. The molecule has 1 aliphatic rings. The van der Waals surface area contributed by atoms with E-state index in [0.29, 0.717) is 34.5 Å². The lowest BCUT2D eigenvalue weighted by Crippen LogP contribution is -2.53. The molecule has 1 N–H and O–H groups in total. The van der Waals surface area contributed by atoms with Crippen molar-refractivity contribution in [2.45, 2.75) is 44.5 Å². The molecule has 1 aliphatic heterocycles. The number of hydrogen-bond acceptors (Lipinski definition) is 7. The smallest absolute Gasteiger partial charge is 0.302 e. The molecule has 0 aliphatic carbocycles. The highest BCUT2D eigenvalue weighted by Gasteiger charge is 2.51. The molecule has 0 saturated carbocycles. The molecule has 2 heterocycles. The number of aliphatic hydroxyl groups is 1. The predicted molar refractivity (Wildman–Crippen MR) is 227 cm³/mol. The Morgan fingerprint density at radius 1 is 0.828 bits per heavy atom. The van der Waals surface area contributed by atoms with Crippen molar-refractivity contribution in [2.75, 3.05) is 18.1 Å². The average molecular weight is 770 g/mol. The van der Waals surface area contributed by atoms with Crippen molar-refractivity contribution in [1.29, 1.82) is 0 Å². The summed E-state index contributed by atoms with van der Waals surface area (Å²) in [6.45, 7) is 5.71. The van der Waals surface area contributed by atoms with Gasteiger partial charge in [-0.15, -0.1) is 6.58 Å². The van der Waals surface area contributed by atoms with E-state index >= 15 is 9.59 Å². The monoisotopic (exact) mass is 769 g/mol. The topological polar surface area (TPSA) is 109 Å². The highest BCUT2D eigenvalue weighted by molar-refractivity contribution is 6.10. The summed E-state index contributed by atoms with van der Waals surface area (Å²) in [4.78, 5) is 52.1. The zero-order valence-corrected chi connectivity index (χ0v) is 32.2. The SMILES string of the molecule is C=CCC(OC(C)=O)[C@@H]1[C@@H](N(Cc2cccc3ccccc23)C(=O)c2cccc3ccccc23)c2cc(OCCCO)ccc2N1C(=O)c1ccc2ccccc2n1. The van der Waals surface area contributed by atoms with Gasteiger partial charge in [0.15, 0.2) is 0 Å². The van der Waals surface area contributed by atoms with Gasteiger partial charge in [0.05, 0.1) is 29.9 Å². The summed E-state index contributed by atoms with van der Waals surface area (Å²) in [6, 6.07) is 42.3. The number of nitrogens with zero attached hydrogens (tertiary/aromatic N) is 3. The lowest BCUT2D eigenvalue weighted by atomic mass is 9.92. The molecule has 9 heteroatoms. The van der Waals surface area contributed by atoms with E-state index in [2.05, 4.69) is 6.58 Å². The first-order valence-corrected chi connectivity index (χ1v) is 19.5. The van der Waals surface area contributed by atoms with Crippen LogP contribution in [0.4, 0.5) is 5.69 Å². The van der Waals surface area contributed by atoms with Gasteiger partial charge in [-0.05, 0) is 63.5 Å². The van der Waals surface area contributed by atoms with Crippen molar-refractivity contribution in [2.24, 2.45) is 0 Å². The van der Waals surface area contributed by atoms with Crippen molar-refractivity contribution in [3.05, 3.63) is 175 Å². The van der Waals surface area contributed by atoms with Gasteiger partial charge in [0.1, 0.15) is 17.5 Å². The third-order valence-electron chi connectivity index (χ3n) is 10.7. The van der Waals surface area contributed by atoms with Gasteiger partial charge in [0.25, 0.3) is 11.8 Å². The number of ether oxygens (including phenoxy) is 2. The van der Waals surface area contributed by atoms with Crippen molar-refractivity contribution < 1.29 is 29.0 Å². The number of fused-ring (bicyclic) bond motifs is 4. The van der Waals surface area contributed by atoms with Gasteiger partial charge >= 0.3 is 5.97 Å². The molecular weight excluding hydrogens is 727 g/mol. The third kappa shape index (κ3) is 7.40. The molecular formula is C49H43N3O6. The molecule has 290 valence electrons. The highest BCUT2D eigenvalue weighted by Crippen LogP contribution is 2.49. The number of rotatable bonds is 13. The van der Waals surface area contributed by atoms with Crippen molar-refractivity contribution in [3.63, 3.8) is 0 Å². The van der Waals surface area contributed by atoms with Crippen LogP contribution in [0, 0.1) is 0 Å². The molecule has 1 unspecified atom stereocenters. The number of anilines is 1. The van der Waals surface area contributed by atoms with E-state index in [0.717, 1.165) is 32.5 Å². The summed E-state index contributed by atoms with van der Waals surface area (Å²) in [5, 5.41) is 14.1. The second kappa shape index (κ2) is 16.7. The molecule has 6 aromatic carbocycles. The fourth-order valence-electron chi connectivity index (χ4n) is 8.21. The average Bonchev–Trinajstić information content (AvgIpc) is 3.58. The largest absolute Gasteiger partial charge is 0.493 e. The molecule has 7 aromatic rings. The van der Waals surface area contributed by atoms with E-state index < -0.39 is 30.1 Å². The zero-order chi connectivity index (χ0) is 40.2. The Kier molecular flexibility index (Phi) is 11.0.